The fourth-order valence-electron chi connectivity index (χ4n) is 7.30. The third-order valence-electron chi connectivity index (χ3n) is 9.91. The van der Waals surface area contributed by atoms with Crippen LogP contribution in [0.5, 0.6) is 0 Å². The molecule has 4 fully saturated rings. The Kier molecular flexibility index (Phi) is 11.1. The quantitative estimate of drug-likeness (QED) is 0.273. The number of aliphatic hydroxyl groups excluding tert-OH is 1. The fraction of sp³-hybridized carbons (Fsp3) is 0.526. The van der Waals surface area contributed by atoms with Gasteiger partial charge < -0.3 is 43.4 Å². The summed E-state index contributed by atoms with van der Waals surface area (Å²) in [6.45, 7) is 2.07. The van der Waals surface area contributed by atoms with Crippen LogP contribution in [0.25, 0.3) is 0 Å². The van der Waals surface area contributed by atoms with E-state index in [-0.39, 0.29) is 31.2 Å². The molecule has 258 valence electrons. The highest BCUT2D eigenvalue weighted by molar-refractivity contribution is 6.21. The van der Waals surface area contributed by atoms with Gasteiger partial charge in [0.25, 0.3) is 0 Å². The number of hydrogen-bond donors (Lipinski definition) is 2. The summed E-state index contributed by atoms with van der Waals surface area (Å²) in [5.41, 5.74) is 3.16. The molecule has 0 spiro atoms. The molecule has 0 bridgehead atoms. The van der Waals surface area contributed by atoms with E-state index in [1.54, 1.807) is 0 Å². The predicted octanol–water partition coefficient (Wildman–Crippen LogP) is 4.92. The van der Waals surface area contributed by atoms with Crippen LogP contribution in [0.3, 0.4) is 0 Å². The Hall–Kier alpha value is -2.41. The van der Waals surface area contributed by atoms with Crippen molar-refractivity contribution in [2.45, 2.75) is 112 Å². The summed E-state index contributed by atoms with van der Waals surface area (Å²) in [6.07, 6.45) is -3.66. The highest BCUT2D eigenvalue weighted by Gasteiger charge is 2.59. The first-order valence-corrected chi connectivity index (χ1v) is 17.5. The van der Waals surface area contributed by atoms with Crippen LogP contribution in [-0.2, 0) is 53.0 Å². The Bertz CT molecular complexity index is 1420. The van der Waals surface area contributed by atoms with Crippen molar-refractivity contribution in [3.05, 3.63) is 108 Å². The normalized spacial score (nSPS) is 36.6. The number of aliphatic hydroxyl groups is 2. The molecule has 7 rings (SSSR count). The molecule has 0 saturated carbocycles. The van der Waals surface area contributed by atoms with Crippen LogP contribution in [0.1, 0.15) is 42.4 Å². The molecule has 0 amide bonds. The smallest absolute Gasteiger partial charge is 0.219 e. The highest BCUT2D eigenvalue weighted by atomic mass is 35.5. The SMILES string of the molecule is O[C@H]1C[C@H]2OCC[C@H](OCc3ccccc3)[C@@H]2O[C@]1(O)[C@H]1C[C@H](Cl)[C@@H]2O[C@H](COCc3ccccc3)[C@H](OCc3ccccc3)C[C@H]2O1. The molecule has 4 aliphatic rings. The summed E-state index contributed by atoms with van der Waals surface area (Å²) in [5.74, 6) is -2.01. The number of halogens is 1. The van der Waals surface area contributed by atoms with Crippen molar-refractivity contribution >= 4 is 11.6 Å². The maximum atomic E-state index is 12.0. The van der Waals surface area contributed by atoms with Crippen LogP contribution in [0.15, 0.2) is 91.0 Å². The number of hydrogen-bond acceptors (Lipinski definition) is 9. The Morgan fingerprint density at radius 1 is 0.708 bits per heavy atom. The van der Waals surface area contributed by atoms with Crippen LogP contribution in [0, 0.1) is 0 Å². The lowest BCUT2D eigenvalue weighted by molar-refractivity contribution is -0.391. The monoisotopic (exact) mass is 680 g/mol. The number of fused-ring (bicyclic) bond motifs is 2. The number of rotatable bonds is 11. The molecule has 9 nitrogen and oxygen atoms in total. The van der Waals surface area contributed by atoms with E-state index in [9.17, 15) is 10.2 Å². The van der Waals surface area contributed by atoms with Gasteiger partial charge in [-0.25, -0.2) is 0 Å². The van der Waals surface area contributed by atoms with E-state index in [0.29, 0.717) is 45.9 Å². The van der Waals surface area contributed by atoms with Crippen LogP contribution in [-0.4, -0.2) is 89.5 Å². The molecular weight excluding hydrogens is 636 g/mol. The Balaban J connectivity index is 1.04. The summed E-state index contributed by atoms with van der Waals surface area (Å²) >= 11 is 7.03. The fourth-order valence-corrected chi connectivity index (χ4v) is 7.68. The Morgan fingerprint density at radius 2 is 1.31 bits per heavy atom. The first-order chi connectivity index (χ1) is 23.5. The third-order valence-corrected chi connectivity index (χ3v) is 10.3. The number of alkyl halides is 1. The molecule has 4 aliphatic heterocycles. The van der Waals surface area contributed by atoms with Crippen LogP contribution in [0.2, 0.25) is 0 Å². The van der Waals surface area contributed by atoms with Crippen molar-refractivity contribution in [2.24, 2.45) is 0 Å². The van der Waals surface area contributed by atoms with Gasteiger partial charge in [0.2, 0.25) is 5.79 Å². The van der Waals surface area contributed by atoms with Gasteiger partial charge in [0, 0.05) is 19.4 Å². The van der Waals surface area contributed by atoms with Gasteiger partial charge in [-0.2, -0.15) is 0 Å². The first kappa shape index (κ1) is 34.1. The summed E-state index contributed by atoms with van der Waals surface area (Å²) in [7, 11) is 0. The van der Waals surface area contributed by atoms with Gasteiger partial charge in [0.15, 0.2) is 0 Å². The predicted molar refractivity (Wildman–Crippen MR) is 177 cm³/mol. The van der Waals surface area contributed by atoms with Crippen molar-refractivity contribution < 1.29 is 43.4 Å². The Labute approximate surface area is 287 Å². The topological polar surface area (TPSA) is 105 Å². The van der Waals surface area contributed by atoms with Crippen molar-refractivity contribution in [2.75, 3.05) is 13.2 Å². The minimum Gasteiger partial charge on any atom is -0.387 e. The number of benzene rings is 3. The second-order valence-corrected chi connectivity index (χ2v) is 13.8. The van der Waals surface area contributed by atoms with E-state index >= 15 is 0 Å². The van der Waals surface area contributed by atoms with Gasteiger partial charge in [-0.05, 0) is 29.5 Å². The molecule has 0 aliphatic carbocycles. The van der Waals surface area contributed by atoms with Gasteiger partial charge in [-0.1, -0.05) is 91.0 Å². The minimum atomic E-state index is -2.01. The van der Waals surface area contributed by atoms with Gasteiger partial charge in [0.05, 0.1) is 56.2 Å². The summed E-state index contributed by atoms with van der Waals surface area (Å²) in [5, 5.41) is 22.8. The lowest BCUT2D eigenvalue weighted by Crippen LogP contribution is -2.69. The average molecular weight is 681 g/mol. The zero-order valence-electron chi connectivity index (χ0n) is 26.9. The van der Waals surface area contributed by atoms with E-state index in [1.165, 1.54) is 0 Å². The second-order valence-electron chi connectivity index (χ2n) is 13.2. The molecule has 4 saturated heterocycles. The summed E-state index contributed by atoms with van der Waals surface area (Å²) in [4.78, 5) is 0. The zero-order chi connectivity index (χ0) is 32.9. The second kappa shape index (κ2) is 15.6. The number of ether oxygens (including phenoxy) is 7. The summed E-state index contributed by atoms with van der Waals surface area (Å²) < 4.78 is 44.4. The summed E-state index contributed by atoms with van der Waals surface area (Å²) in [6, 6.07) is 29.9. The lowest BCUT2D eigenvalue weighted by atomic mass is 9.83. The van der Waals surface area contributed by atoms with Gasteiger partial charge >= 0.3 is 0 Å². The molecule has 48 heavy (non-hydrogen) atoms. The zero-order valence-corrected chi connectivity index (χ0v) is 27.7. The van der Waals surface area contributed by atoms with Crippen molar-refractivity contribution in [3.63, 3.8) is 0 Å². The van der Waals surface area contributed by atoms with Gasteiger partial charge in [-0.3, -0.25) is 0 Å². The van der Waals surface area contributed by atoms with Crippen molar-refractivity contribution in [1.82, 2.24) is 0 Å². The average Bonchev–Trinajstić information content (AvgIpc) is 3.12. The van der Waals surface area contributed by atoms with Crippen LogP contribution in [0.4, 0.5) is 0 Å². The minimum absolute atomic E-state index is 0.188. The molecule has 3 aromatic carbocycles. The van der Waals surface area contributed by atoms with E-state index in [0.717, 1.165) is 16.7 Å². The molecule has 0 radical (unpaired) electrons. The van der Waals surface area contributed by atoms with Crippen molar-refractivity contribution in [3.8, 4) is 0 Å². The largest absolute Gasteiger partial charge is 0.387 e. The van der Waals surface area contributed by atoms with Gasteiger partial charge in [0.1, 0.15) is 30.5 Å². The van der Waals surface area contributed by atoms with Gasteiger partial charge in [-0.15, -0.1) is 11.6 Å². The highest BCUT2D eigenvalue weighted by Crippen LogP contribution is 2.44. The van der Waals surface area contributed by atoms with E-state index in [2.05, 4.69) is 0 Å². The maximum Gasteiger partial charge on any atom is 0.219 e. The molecule has 0 unspecified atom stereocenters. The Morgan fingerprint density at radius 3 is 1.96 bits per heavy atom. The molecular formula is C38H45ClO9. The third kappa shape index (κ3) is 7.81. The lowest BCUT2D eigenvalue weighted by Gasteiger charge is -2.54. The molecule has 10 heteroatoms. The van der Waals surface area contributed by atoms with Crippen molar-refractivity contribution in [1.29, 1.82) is 0 Å². The molecule has 0 aromatic heterocycles. The van der Waals surface area contributed by atoms with E-state index in [1.807, 2.05) is 91.0 Å². The van der Waals surface area contributed by atoms with E-state index in [4.69, 9.17) is 44.8 Å². The standard InChI is InChI=1S/C38H45ClO9/c39-28-18-35(38(41)34(40)20-31-37(48-38)29(16-17-43-31)44-22-26-12-6-2-7-13-26)46-32-19-30(45-23-27-14-8-3-9-15-27)33(47-36(28)32)24-42-21-25-10-4-1-5-11-25/h1-15,28-37,40-41H,16-24H2/t28-,29-,30+,31+,32+,33+,34-,35+,36-,37-,38-/m0/s1. The maximum absolute atomic E-state index is 12.0. The molecule has 4 heterocycles. The molecule has 2 N–H and O–H groups in total. The first-order valence-electron chi connectivity index (χ1n) is 17.0. The van der Waals surface area contributed by atoms with Crippen LogP contribution >= 0.6 is 11.6 Å². The van der Waals surface area contributed by atoms with Crippen LogP contribution < -0.4 is 0 Å². The van der Waals surface area contributed by atoms with E-state index < -0.39 is 47.8 Å². The molecule has 11 atom stereocenters. The molecule has 3 aromatic rings.